The third kappa shape index (κ3) is 2.01. The Hall–Kier alpha value is -0.620. The molecular formula is C9H13N3OS2. The molecule has 15 heavy (non-hydrogen) atoms. The van der Waals surface area contributed by atoms with Crippen LogP contribution in [-0.4, -0.2) is 27.2 Å². The van der Waals surface area contributed by atoms with Crippen molar-refractivity contribution in [3.8, 4) is 0 Å². The van der Waals surface area contributed by atoms with E-state index in [2.05, 4.69) is 24.0 Å². The van der Waals surface area contributed by atoms with E-state index in [1.165, 1.54) is 11.3 Å². The zero-order valence-corrected chi connectivity index (χ0v) is 10.3. The normalized spacial score (nSPS) is 23.5. The van der Waals surface area contributed by atoms with Gasteiger partial charge in [0.1, 0.15) is 5.51 Å². The fraction of sp³-hybridized carbons (Fsp3) is 0.667. The number of thioether (sulfide) groups is 1. The Morgan fingerprint density at radius 1 is 1.73 bits per heavy atom. The monoisotopic (exact) mass is 243 g/mol. The van der Waals surface area contributed by atoms with E-state index in [1.54, 1.807) is 22.2 Å². The van der Waals surface area contributed by atoms with Crippen molar-refractivity contribution in [3.05, 3.63) is 5.51 Å². The minimum absolute atomic E-state index is 0.155. The van der Waals surface area contributed by atoms with Gasteiger partial charge in [0.2, 0.25) is 11.0 Å². The zero-order chi connectivity index (χ0) is 10.8. The van der Waals surface area contributed by atoms with Crippen LogP contribution in [0.15, 0.2) is 5.51 Å². The number of carbonyl (C=O) groups is 1. The molecule has 1 fully saturated rings. The molecule has 82 valence electrons. The van der Waals surface area contributed by atoms with Gasteiger partial charge < -0.3 is 0 Å². The summed E-state index contributed by atoms with van der Waals surface area (Å²) in [5, 5.41) is 8.73. The van der Waals surface area contributed by atoms with E-state index in [0.717, 1.165) is 11.6 Å². The van der Waals surface area contributed by atoms with Gasteiger partial charge in [-0.1, -0.05) is 31.6 Å². The second-order valence-corrected chi connectivity index (χ2v) is 5.49. The molecule has 2 rings (SSSR count). The first-order chi connectivity index (χ1) is 7.24. The average molecular weight is 243 g/mol. The van der Waals surface area contributed by atoms with Gasteiger partial charge >= 0.3 is 0 Å². The molecule has 0 unspecified atom stereocenters. The fourth-order valence-corrected chi connectivity index (χ4v) is 3.57. The van der Waals surface area contributed by atoms with Crippen LogP contribution in [0.2, 0.25) is 0 Å². The van der Waals surface area contributed by atoms with Crippen LogP contribution in [0.5, 0.6) is 0 Å². The highest BCUT2D eigenvalue weighted by Gasteiger charge is 2.37. The van der Waals surface area contributed by atoms with Crippen molar-refractivity contribution >= 4 is 34.1 Å². The Kier molecular flexibility index (Phi) is 3.25. The second kappa shape index (κ2) is 4.49. The lowest BCUT2D eigenvalue weighted by atomic mass is 10.1. The van der Waals surface area contributed by atoms with E-state index in [1.807, 2.05) is 0 Å². The Morgan fingerprint density at radius 2 is 2.53 bits per heavy atom. The van der Waals surface area contributed by atoms with E-state index in [9.17, 15) is 4.79 Å². The number of nitrogens with zero attached hydrogens (tertiary/aromatic N) is 3. The largest absolute Gasteiger partial charge is 0.273 e. The number of amides is 1. The highest BCUT2D eigenvalue weighted by Crippen LogP contribution is 2.36. The minimum atomic E-state index is 0.155. The Morgan fingerprint density at radius 3 is 3.13 bits per heavy atom. The summed E-state index contributed by atoms with van der Waals surface area (Å²) in [5.74, 6) is 1.21. The lowest BCUT2D eigenvalue weighted by molar-refractivity contribution is -0.116. The Balaban J connectivity index is 2.23. The number of carbonyl (C=O) groups excluding carboxylic acids is 1. The van der Waals surface area contributed by atoms with Crippen LogP contribution < -0.4 is 4.90 Å². The summed E-state index contributed by atoms with van der Waals surface area (Å²) >= 11 is 3.13. The minimum Gasteiger partial charge on any atom is -0.273 e. The summed E-state index contributed by atoms with van der Waals surface area (Å²) in [6.45, 7) is 4.32. The summed E-state index contributed by atoms with van der Waals surface area (Å²) in [6.07, 6.45) is 1.07. The summed E-state index contributed by atoms with van der Waals surface area (Å²) in [6, 6.07) is 0. The number of rotatable bonds is 3. The first-order valence-electron chi connectivity index (χ1n) is 4.94. The van der Waals surface area contributed by atoms with Crippen molar-refractivity contribution in [1.82, 2.24) is 10.2 Å². The molecule has 0 aliphatic carbocycles. The van der Waals surface area contributed by atoms with Crippen LogP contribution in [0.4, 0.5) is 5.13 Å². The topological polar surface area (TPSA) is 46.1 Å². The maximum absolute atomic E-state index is 11.7. The summed E-state index contributed by atoms with van der Waals surface area (Å²) in [5.41, 5.74) is 1.67. The van der Waals surface area contributed by atoms with Crippen LogP contribution in [0.3, 0.4) is 0 Å². The highest BCUT2D eigenvalue weighted by molar-refractivity contribution is 8.01. The van der Waals surface area contributed by atoms with Crippen molar-refractivity contribution in [2.24, 2.45) is 5.92 Å². The molecule has 0 saturated carbocycles. The predicted octanol–water partition coefficient (Wildman–Crippen LogP) is 1.99. The third-order valence-corrected chi connectivity index (χ3v) is 4.71. The quantitative estimate of drug-likeness (QED) is 0.814. The van der Waals surface area contributed by atoms with Crippen LogP contribution in [-0.2, 0) is 4.79 Å². The van der Waals surface area contributed by atoms with E-state index >= 15 is 0 Å². The number of hydrogen-bond acceptors (Lipinski definition) is 5. The lowest BCUT2D eigenvalue weighted by Gasteiger charge is -2.25. The van der Waals surface area contributed by atoms with Crippen LogP contribution in [0.25, 0.3) is 0 Å². The third-order valence-electron chi connectivity index (χ3n) is 2.59. The van der Waals surface area contributed by atoms with Crippen molar-refractivity contribution in [2.75, 3.05) is 10.7 Å². The molecule has 1 aliphatic rings. The van der Waals surface area contributed by atoms with Gasteiger partial charge in [0, 0.05) is 0 Å². The molecule has 1 aliphatic heterocycles. The van der Waals surface area contributed by atoms with Crippen LogP contribution in [0.1, 0.15) is 20.3 Å². The molecule has 0 bridgehead atoms. The molecule has 0 spiro atoms. The first kappa shape index (κ1) is 10.9. The summed E-state index contributed by atoms with van der Waals surface area (Å²) < 4.78 is 0. The molecule has 4 nitrogen and oxygen atoms in total. The maximum Gasteiger partial charge on any atom is 0.239 e. The average Bonchev–Trinajstić information content (AvgIpc) is 2.85. The molecule has 1 aromatic rings. The molecule has 2 atom stereocenters. The van der Waals surface area contributed by atoms with Gasteiger partial charge in [0.15, 0.2) is 0 Å². The smallest absolute Gasteiger partial charge is 0.239 e. The Bertz CT molecular complexity index is 341. The SMILES string of the molecule is CC[C@@H](C)[C@@H]1SCC(=O)N1c1nncs1. The molecular weight excluding hydrogens is 230 g/mol. The molecule has 1 amide bonds. The first-order valence-corrected chi connectivity index (χ1v) is 6.86. The molecule has 0 aromatic carbocycles. The molecule has 0 radical (unpaired) electrons. The zero-order valence-electron chi connectivity index (χ0n) is 8.71. The van der Waals surface area contributed by atoms with Crippen molar-refractivity contribution in [2.45, 2.75) is 25.6 Å². The summed E-state index contributed by atoms with van der Waals surface area (Å²) in [7, 11) is 0. The van der Waals surface area contributed by atoms with E-state index < -0.39 is 0 Å². The van der Waals surface area contributed by atoms with E-state index in [4.69, 9.17) is 0 Å². The maximum atomic E-state index is 11.7. The molecule has 0 N–H and O–H groups in total. The van der Waals surface area contributed by atoms with E-state index in [0.29, 0.717) is 11.7 Å². The van der Waals surface area contributed by atoms with Gasteiger partial charge in [0.05, 0.1) is 11.1 Å². The molecule has 1 saturated heterocycles. The number of aromatic nitrogens is 2. The van der Waals surface area contributed by atoms with E-state index in [-0.39, 0.29) is 11.3 Å². The Labute approximate surface area is 97.1 Å². The standard InChI is InChI=1S/C9H13N3OS2/c1-3-6(2)8-12(7(13)4-14-8)9-11-10-5-15-9/h5-6,8H,3-4H2,1-2H3/t6-,8+/m1/s1. The highest BCUT2D eigenvalue weighted by atomic mass is 32.2. The van der Waals surface area contributed by atoms with Crippen molar-refractivity contribution in [1.29, 1.82) is 0 Å². The molecule has 1 aromatic heterocycles. The van der Waals surface area contributed by atoms with Crippen molar-refractivity contribution < 1.29 is 4.79 Å². The summed E-state index contributed by atoms with van der Waals surface area (Å²) in [4.78, 5) is 13.5. The van der Waals surface area contributed by atoms with Gasteiger partial charge in [-0.2, -0.15) is 0 Å². The number of hydrogen-bond donors (Lipinski definition) is 0. The van der Waals surface area contributed by atoms with Gasteiger partial charge in [0.25, 0.3) is 0 Å². The van der Waals surface area contributed by atoms with Crippen LogP contribution in [0, 0.1) is 5.92 Å². The second-order valence-electron chi connectivity index (χ2n) is 3.57. The van der Waals surface area contributed by atoms with Gasteiger partial charge in [-0.3, -0.25) is 9.69 Å². The number of anilines is 1. The molecule has 2 heterocycles. The van der Waals surface area contributed by atoms with Gasteiger partial charge in [-0.05, 0) is 5.92 Å². The fourth-order valence-electron chi connectivity index (χ4n) is 1.55. The molecule has 6 heteroatoms. The predicted molar refractivity (Wildman–Crippen MR) is 63.1 cm³/mol. The van der Waals surface area contributed by atoms with Crippen molar-refractivity contribution in [3.63, 3.8) is 0 Å². The van der Waals surface area contributed by atoms with Gasteiger partial charge in [-0.15, -0.1) is 22.0 Å². The van der Waals surface area contributed by atoms with Gasteiger partial charge in [-0.25, -0.2) is 0 Å². The lowest BCUT2D eigenvalue weighted by Crippen LogP contribution is -2.36. The van der Waals surface area contributed by atoms with Crippen LogP contribution >= 0.6 is 23.1 Å².